The molecule has 8 aromatic rings. The largest absolute Gasteiger partial charge is 0.456 e. The summed E-state index contributed by atoms with van der Waals surface area (Å²) in [6, 6.07) is 47.8. The Balaban J connectivity index is 1.04. The molecule has 0 bridgehead atoms. The molecule has 4 heteroatoms. The smallest absolute Gasteiger partial charge is 0.164 e. The average molecular weight is 798 g/mol. The van der Waals surface area contributed by atoms with E-state index in [9.17, 15) is 0 Å². The van der Waals surface area contributed by atoms with E-state index in [1.807, 2.05) is 12.1 Å². The lowest BCUT2D eigenvalue weighted by Gasteiger charge is -2.15. The van der Waals surface area contributed by atoms with Crippen molar-refractivity contribution in [2.45, 2.75) is 32.1 Å². The summed E-state index contributed by atoms with van der Waals surface area (Å²) in [4.78, 5) is 15.5. The number of furan rings is 1. The molecule has 3 aliphatic rings. The minimum Gasteiger partial charge on any atom is -0.456 e. The van der Waals surface area contributed by atoms with Gasteiger partial charge >= 0.3 is 0 Å². The van der Waals surface area contributed by atoms with Crippen LogP contribution in [0.25, 0.3) is 94.8 Å². The normalized spacial score (nSPS) is 14.8. The number of nitrogens with zero attached hydrogens (tertiary/aromatic N) is 3. The van der Waals surface area contributed by atoms with Crippen molar-refractivity contribution in [2.24, 2.45) is 0 Å². The van der Waals surface area contributed by atoms with Gasteiger partial charge in [-0.25, -0.2) is 15.0 Å². The maximum absolute atomic E-state index is 6.58. The number of benzene rings is 6. The Bertz CT molecular complexity index is 3240. The van der Waals surface area contributed by atoms with Crippen LogP contribution in [0.15, 0.2) is 205 Å². The van der Waals surface area contributed by atoms with Crippen molar-refractivity contribution >= 4 is 38.7 Å². The minimum atomic E-state index is 0.601. The second kappa shape index (κ2) is 16.4. The topological polar surface area (TPSA) is 51.8 Å². The van der Waals surface area contributed by atoms with Crippen molar-refractivity contribution in [3.63, 3.8) is 0 Å². The van der Waals surface area contributed by atoms with Gasteiger partial charge in [-0.3, -0.25) is 0 Å². The van der Waals surface area contributed by atoms with Crippen LogP contribution >= 0.6 is 0 Å². The Hall–Kier alpha value is -7.69. The SMILES string of the molecule is C1=CCC=CC(c2nc(-c3ccc(C4=CCCC=C4)cc3)nc(-c3cccc4oc5ccc(-c6ccc(-c7cccc(C8=CCCC=C8)c7)cc6-c6ccccc6)cc5c34)n2)=C1. The van der Waals surface area contributed by atoms with Gasteiger partial charge in [0.2, 0.25) is 0 Å². The molecular formula is C58H43N3O. The Morgan fingerprint density at radius 2 is 1.06 bits per heavy atom. The Labute approximate surface area is 362 Å². The van der Waals surface area contributed by atoms with Crippen molar-refractivity contribution in [3.05, 3.63) is 217 Å². The van der Waals surface area contributed by atoms with Gasteiger partial charge in [0, 0.05) is 27.5 Å². The second-order valence-electron chi connectivity index (χ2n) is 16.0. The monoisotopic (exact) mass is 797 g/mol. The number of hydrogen-bond donors (Lipinski definition) is 0. The van der Waals surface area contributed by atoms with Gasteiger partial charge in [-0.2, -0.15) is 0 Å². The molecule has 296 valence electrons. The Morgan fingerprint density at radius 1 is 0.387 bits per heavy atom. The molecular weight excluding hydrogens is 755 g/mol. The zero-order valence-corrected chi connectivity index (χ0v) is 34.3. The first-order valence-corrected chi connectivity index (χ1v) is 21.6. The highest BCUT2D eigenvalue weighted by molar-refractivity contribution is 6.13. The van der Waals surface area contributed by atoms with Gasteiger partial charge in [0.25, 0.3) is 0 Å². The van der Waals surface area contributed by atoms with E-state index in [-0.39, 0.29) is 0 Å². The minimum absolute atomic E-state index is 0.601. The number of allylic oxidation sites excluding steroid dienone is 14. The van der Waals surface area contributed by atoms with Gasteiger partial charge in [-0.1, -0.05) is 170 Å². The summed E-state index contributed by atoms with van der Waals surface area (Å²) < 4.78 is 6.58. The quantitative estimate of drug-likeness (QED) is 0.154. The van der Waals surface area contributed by atoms with E-state index in [1.165, 1.54) is 39.0 Å². The lowest BCUT2D eigenvalue weighted by molar-refractivity contribution is 0.669. The van der Waals surface area contributed by atoms with Crippen LogP contribution in [0, 0.1) is 0 Å². The van der Waals surface area contributed by atoms with Crippen LogP contribution in [0.1, 0.15) is 49.1 Å². The van der Waals surface area contributed by atoms with Crippen LogP contribution in [0.5, 0.6) is 0 Å². The molecule has 0 radical (unpaired) electrons. The standard InChI is InChI=1S/C58H43N3O/c1-2-7-23-43(22-6-1)56-59-57(44-30-28-41(29-31-44)39-16-8-3-9-17-39)61-58(60-56)50-26-15-27-54-55(50)52-38-48(33-35-53(52)62-54)49-34-32-47(37-51(49)42-20-12-5-13-21-42)46-25-14-24-45(36-46)40-18-10-4-11-19-40/h1,5-8,10,12-38H,2-4,9,11H2. The molecule has 2 aromatic heterocycles. The molecule has 62 heavy (non-hydrogen) atoms. The van der Waals surface area contributed by atoms with Crippen LogP contribution < -0.4 is 0 Å². The molecule has 0 atom stereocenters. The molecule has 0 fully saturated rings. The maximum atomic E-state index is 6.58. The molecule has 3 aliphatic carbocycles. The summed E-state index contributed by atoms with van der Waals surface area (Å²) in [6.45, 7) is 0. The maximum Gasteiger partial charge on any atom is 0.164 e. The van der Waals surface area contributed by atoms with Crippen LogP contribution in [0.2, 0.25) is 0 Å². The van der Waals surface area contributed by atoms with Gasteiger partial charge in [0.05, 0.1) is 0 Å². The van der Waals surface area contributed by atoms with Gasteiger partial charge in [0.1, 0.15) is 11.2 Å². The molecule has 0 unspecified atom stereocenters. The number of hydrogen-bond acceptors (Lipinski definition) is 4. The molecule has 4 nitrogen and oxygen atoms in total. The van der Waals surface area contributed by atoms with Crippen LogP contribution in [0.3, 0.4) is 0 Å². The third-order valence-corrected chi connectivity index (χ3v) is 12.0. The number of aromatic nitrogens is 3. The summed E-state index contributed by atoms with van der Waals surface area (Å²) in [6.07, 6.45) is 29.3. The van der Waals surface area contributed by atoms with Crippen molar-refractivity contribution in [3.8, 4) is 56.2 Å². The Kier molecular flexibility index (Phi) is 9.87. The van der Waals surface area contributed by atoms with E-state index in [0.29, 0.717) is 17.5 Å². The van der Waals surface area contributed by atoms with Crippen molar-refractivity contribution in [1.29, 1.82) is 0 Å². The summed E-state index contributed by atoms with van der Waals surface area (Å²) >= 11 is 0. The first-order valence-electron chi connectivity index (χ1n) is 21.6. The van der Waals surface area contributed by atoms with E-state index in [4.69, 9.17) is 19.4 Å². The van der Waals surface area contributed by atoms with Crippen LogP contribution in [-0.4, -0.2) is 15.0 Å². The van der Waals surface area contributed by atoms with Gasteiger partial charge < -0.3 is 4.42 Å². The van der Waals surface area contributed by atoms with Crippen LogP contribution in [0.4, 0.5) is 0 Å². The lowest BCUT2D eigenvalue weighted by Crippen LogP contribution is -2.02. The van der Waals surface area contributed by atoms with Gasteiger partial charge in [-0.05, 0) is 118 Å². The highest BCUT2D eigenvalue weighted by atomic mass is 16.3. The first-order chi connectivity index (χ1) is 30.7. The zero-order chi connectivity index (χ0) is 41.2. The zero-order valence-electron chi connectivity index (χ0n) is 34.3. The molecule has 0 spiro atoms. The lowest BCUT2D eigenvalue weighted by atomic mass is 9.89. The highest BCUT2D eigenvalue weighted by Gasteiger charge is 2.20. The highest BCUT2D eigenvalue weighted by Crippen LogP contribution is 2.42. The van der Waals surface area contributed by atoms with E-state index in [1.54, 1.807) is 0 Å². The van der Waals surface area contributed by atoms with Crippen molar-refractivity contribution in [2.75, 3.05) is 0 Å². The third kappa shape index (κ3) is 7.30. The first kappa shape index (κ1) is 37.3. The molecule has 11 rings (SSSR count). The summed E-state index contributed by atoms with van der Waals surface area (Å²) in [5.74, 6) is 1.86. The van der Waals surface area contributed by atoms with E-state index < -0.39 is 0 Å². The van der Waals surface area contributed by atoms with Crippen molar-refractivity contribution in [1.82, 2.24) is 15.0 Å². The Morgan fingerprint density at radius 3 is 1.89 bits per heavy atom. The molecule has 2 heterocycles. The van der Waals surface area contributed by atoms with Gasteiger partial charge in [0.15, 0.2) is 17.5 Å². The summed E-state index contributed by atoms with van der Waals surface area (Å²) in [5, 5.41) is 1.99. The van der Waals surface area contributed by atoms with E-state index in [0.717, 1.165) is 87.4 Å². The third-order valence-electron chi connectivity index (χ3n) is 12.0. The predicted octanol–water partition coefficient (Wildman–Crippen LogP) is 15.5. The molecule has 0 N–H and O–H groups in total. The summed E-state index contributed by atoms with van der Waals surface area (Å²) in [5.41, 5.74) is 16.3. The molecule has 0 aliphatic heterocycles. The van der Waals surface area contributed by atoms with E-state index in [2.05, 4.69) is 188 Å². The molecule has 0 saturated heterocycles. The van der Waals surface area contributed by atoms with Crippen LogP contribution in [-0.2, 0) is 0 Å². The second-order valence-corrected chi connectivity index (χ2v) is 16.0. The molecule has 6 aromatic carbocycles. The summed E-state index contributed by atoms with van der Waals surface area (Å²) in [7, 11) is 0. The fraction of sp³-hybridized carbons (Fsp3) is 0.0862. The van der Waals surface area contributed by atoms with Gasteiger partial charge in [-0.15, -0.1) is 0 Å². The fourth-order valence-electron chi connectivity index (χ4n) is 8.84. The molecule has 0 amide bonds. The van der Waals surface area contributed by atoms with E-state index >= 15 is 0 Å². The molecule has 0 saturated carbocycles. The fourth-order valence-corrected chi connectivity index (χ4v) is 8.84. The van der Waals surface area contributed by atoms with Crippen molar-refractivity contribution < 1.29 is 4.42 Å². The number of fused-ring (bicyclic) bond motifs is 3. The number of rotatable bonds is 8. The average Bonchev–Trinajstić information content (AvgIpc) is 3.50. The predicted molar refractivity (Wildman–Crippen MR) is 258 cm³/mol.